The van der Waals surface area contributed by atoms with Crippen LogP contribution in [0.4, 0.5) is 5.69 Å². The van der Waals surface area contributed by atoms with Crippen molar-refractivity contribution in [2.75, 3.05) is 6.54 Å². The summed E-state index contributed by atoms with van der Waals surface area (Å²) in [4.78, 5) is 19.6. The van der Waals surface area contributed by atoms with E-state index >= 15 is 0 Å². The maximum absolute atomic E-state index is 12.4. The van der Waals surface area contributed by atoms with Crippen molar-refractivity contribution in [2.45, 2.75) is 24.3 Å². The summed E-state index contributed by atoms with van der Waals surface area (Å²) in [5.74, 6) is -0.963. The Labute approximate surface area is 179 Å². The molecule has 1 atom stereocenters. The second kappa shape index (κ2) is 10.6. The van der Waals surface area contributed by atoms with E-state index in [1.165, 1.54) is 31.2 Å². The lowest BCUT2D eigenvalue weighted by Gasteiger charge is -2.09. The van der Waals surface area contributed by atoms with Crippen molar-refractivity contribution in [3.05, 3.63) is 82.4 Å². The fourth-order valence-corrected chi connectivity index (χ4v) is 3.95. The average molecular weight is 445 g/mol. The van der Waals surface area contributed by atoms with E-state index in [4.69, 9.17) is 10.8 Å². The number of para-hydroxylation sites is 1. The molecule has 4 N–H and O–H groups in total. The summed E-state index contributed by atoms with van der Waals surface area (Å²) in [6.07, 6.45) is 0.487. The van der Waals surface area contributed by atoms with E-state index in [1.54, 1.807) is 0 Å². The molecular weight excluding hydrogens is 422 g/mol. The minimum atomic E-state index is -3.95. The molecule has 0 aliphatic heterocycles. The predicted molar refractivity (Wildman–Crippen MR) is 117 cm³/mol. The van der Waals surface area contributed by atoms with Crippen LogP contribution in [-0.2, 0) is 21.2 Å². The van der Waals surface area contributed by atoms with Gasteiger partial charge < -0.3 is 10.8 Å². The summed E-state index contributed by atoms with van der Waals surface area (Å²) < 4.78 is 27.2. The van der Waals surface area contributed by atoms with Gasteiger partial charge in [0.25, 0.3) is 5.69 Å². The number of carboxylic acid groups (broad SMARTS) is 1. The third kappa shape index (κ3) is 6.57. The van der Waals surface area contributed by atoms with Crippen LogP contribution in [0.25, 0.3) is 10.8 Å². The molecule has 0 amide bonds. The molecule has 10 heteroatoms. The Morgan fingerprint density at radius 2 is 1.68 bits per heavy atom. The number of rotatable bonds is 7. The molecule has 0 aromatic heterocycles. The minimum absolute atomic E-state index is 0.155. The number of nitro benzene ring substituents is 1. The van der Waals surface area contributed by atoms with Crippen molar-refractivity contribution in [2.24, 2.45) is 5.73 Å². The number of benzene rings is 3. The van der Waals surface area contributed by atoms with Crippen molar-refractivity contribution >= 4 is 32.5 Å². The van der Waals surface area contributed by atoms with Crippen LogP contribution in [0.1, 0.15) is 12.5 Å². The van der Waals surface area contributed by atoms with E-state index in [0.29, 0.717) is 6.42 Å². The third-order valence-electron chi connectivity index (χ3n) is 4.31. The molecule has 3 aromatic rings. The van der Waals surface area contributed by atoms with Gasteiger partial charge in [-0.25, -0.2) is 13.1 Å². The Hall–Kier alpha value is -3.34. The molecule has 0 bridgehead atoms. The van der Waals surface area contributed by atoms with Crippen LogP contribution < -0.4 is 10.5 Å². The molecule has 0 heterocycles. The highest BCUT2D eigenvalue weighted by atomic mass is 32.2. The molecule has 1 unspecified atom stereocenters. The Bertz CT molecular complexity index is 1170. The maximum atomic E-state index is 12.4. The van der Waals surface area contributed by atoms with Crippen LogP contribution in [0.2, 0.25) is 0 Å². The predicted octanol–water partition coefficient (Wildman–Crippen LogP) is 2.69. The van der Waals surface area contributed by atoms with Gasteiger partial charge in [-0.2, -0.15) is 0 Å². The van der Waals surface area contributed by atoms with Gasteiger partial charge in [0.05, 0.1) is 4.92 Å². The van der Waals surface area contributed by atoms with E-state index in [-0.39, 0.29) is 11.4 Å². The summed E-state index contributed by atoms with van der Waals surface area (Å²) >= 11 is 0. The highest BCUT2D eigenvalue weighted by Gasteiger charge is 2.24. The monoisotopic (exact) mass is 445 g/mol. The number of nitrogens with one attached hydrogen (secondary N) is 1. The van der Waals surface area contributed by atoms with E-state index in [0.717, 1.165) is 16.3 Å². The number of carbonyl (C=O) groups is 1. The summed E-state index contributed by atoms with van der Waals surface area (Å²) in [5.41, 5.74) is 5.42. The van der Waals surface area contributed by atoms with Crippen LogP contribution in [0.15, 0.2) is 71.6 Å². The molecule has 0 aliphatic carbocycles. The summed E-state index contributed by atoms with van der Waals surface area (Å²) in [7, 11) is -3.95. The van der Waals surface area contributed by atoms with Crippen molar-refractivity contribution < 1.29 is 23.2 Å². The van der Waals surface area contributed by atoms with E-state index in [2.05, 4.69) is 4.72 Å². The first-order valence-corrected chi connectivity index (χ1v) is 10.8. The Kier molecular flexibility index (Phi) is 8.20. The fraction of sp³-hybridized carbons (Fsp3) is 0.190. The van der Waals surface area contributed by atoms with Crippen molar-refractivity contribution in [3.8, 4) is 0 Å². The van der Waals surface area contributed by atoms with Gasteiger partial charge in [0.2, 0.25) is 10.0 Å². The topological polar surface area (TPSA) is 153 Å². The van der Waals surface area contributed by atoms with Crippen LogP contribution in [0, 0.1) is 10.1 Å². The number of nitrogens with two attached hydrogens (primary N) is 1. The van der Waals surface area contributed by atoms with Crippen LogP contribution in [-0.4, -0.2) is 37.0 Å². The normalized spacial score (nSPS) is 11.9. The molecule has 9 nitrogen and oxygen atoms in total. The van der Waals surface area contributed by atoms with Gasteiger partial charge in [0.1, 0.15) is 6.04 Å². The molecule has 0 aliphatic rings. The van der Waals surface area contributed by atoms with E-state index in [9.17, 15) is 23.3 Å². The molecule has 0 saturated heterocycles. The smallest absolute Gasteiger partial charge is 0.320 e. The van der Waals surface area contributed by atoms with Gasteiger partial charge in [0.15, 0.2) is 4.90 Å². The van der Waals surface area contributed by atoms with Crippen LogP contribution >= 0.6 is 0 Å². The zero-order chi connectivity index (χ0) is 23.0. The highest BCUT2D eigenvalue weighted by Crippen LogP contribution is 2.23. The molecule has 3 rings (SSSR count). The molecular formula is C21H23N3O6S. The molecule has 164 valence electrons. The number of sulfonamides is 1. The summed E-state index contributed by atoms with van der Waals surface area (Å²) in [6, 6.07) is 18.3. The van der Waals surface area contributed by atoms with E-state index in [1.807, 2.05) is 42.5 Å². The Balaban J connectivity index is 0.000000501. The molecule has 0 spiro atoms. The number of nitrogens with zero attached hydrogens (tertiary/aromatic N) is 1. The van der Waals surface area contributed by atoms with Crippen molar-refractivity contribution in [3.63, 3.8) is 0 Å². The van der Waals surface area contributed by atoms with Gasteiger partial charge in [-0.15, -0.1) is 0 Å². The molecule has 3 aromatic carbocycles. The lowest BCUT2D eigenvalue weighted by Crippen LogP contribution is -2.26. The first-order chi connectivity index (χ1) is 14.6. The number of hydrogen-bond donors (Lipinski definition) is 3. The van der Waals surface area contributed by atoms with E-state index < -0.39 is 32.6 Å². The second-order valence-electron chi connectivity index (χ2n) is 6.64. The summed E-state index contributed by atoms with van der Waals surface area (Å²) in [5, 5.41) is 21.0. The van der Waals surface area contributed by atoms with Gasteiger partial charge in [-0.05, 0) is 35.7 Å². The second-order valence-corrected chi connectivity index (χ2v) is 8.37. The van der Waals surface area contributed by atoms with Crippen molar-refractivity contribution in [1.29, 1.82) is 0 Å². The number of carboxylic acids is 1. The first kappa shape index (κ1) is 23.9. The van der Waals surface area contributed by atoms with Crippen molar-refractivity contribution in [1.82, 2.24) is 4.72 Å². The first-order valence-electron chi connectivity index (χ1n) is 9.31. The lowest BCUT2D eigenvalue weighted by molar-refractivity contribution is -0.387. The summed E-state index contributed by atoms with van der Waals surface area (Å²) in [6.45, 7) is 1.57. The zero-order valence-electron chi connectivity index (χ0n) is 16.8. The lowest BCUT2D eigenvalue weighted by atomic mass is 10.0. The van der Waals surface area contributed by atoms with Crippen LogP contribution in [0.3, 0.4) is 0 Å². The zero-order valence-corrected chi connectivity index (χ0v) is 17.6. The molecule has 0 saturated carbocycles. The molecule has 31 heavy (non-hydrogen) atoms. The average Bonchev–Trinajstić information content (AvgIpc) is 2.74. The maximum Gasteiger partial charge on any atom is 0.320 e. The molecule has 0 radical (unpaired) electrons. The Morgan fingerprint density at radius 3 is 2.32 bits per heavy atom. The van der Waals surface area contributed by atoms with Gasteiger partial charge in [-0.3, -0.25) is 14.9 Å². The highest BCUT2D eigenvalue weighted by molar-refractivity contribution is 7.89. The number of fused-ring (bicyclic) bond motifs is 1. The largest absolute Gasteiger partial charge is 0.480 e. The van der Waals surface area contributed by atoms with Gasteiger partial charge >= 0.3 is 5.97 Å². The standard InChI is InChI=1S/C18H16N2O4S.C3H7NO2/c21-20(22)17-10-3-4-11-18(17)25(23,24)19-13-12-15-8-5-7-14-6-1-2-9-16(14)15;1-2(4)3(5)6/h1-11,19H,12-13H2;2H,4H2,1H3,(H,5,6). The van der Waals surface area contributed by atoms with Crippen LogP contribution in [0.5, 0.6) is 0 Å². The number of nitro groups is 1. The minimum Gasteiger partial charge on any atom is -0.480 e. The quantitative estimate of drug-likeness (QED) is 0.373. The Morgan fingerprint density at radius 1 is 1.10 bits per heavy atom. The fourth-order valence-electron chi connectivity index (χ4n) is 2.74. The molecule has 0 fully saturated rings. The van der Waals surface area contributed by atoms with Gasteiger partial charge in [0, 0.05) is 12.6 Å². The SMILES string of the molecule is CC(N)C(=O)O.O=[N+]([O-])c1ccccc1S(=O)(=O)NCCc1cccc2ccccc12. The number of aliphatic carboxylic acids is 1. The third-order valence-corrected chi connectivity index (χ3v) is 5.82. The number of hydrogen-bond acceptors (Lipinski definition) is 6. The van der Waals surface area contributed by atoms with Gasteiger partial charge in [-0.1, -0.05) is 54.6 Å².